The van der Waals surface area contributed by atoms with Crippen LogP contribution < -0.4 is 10.1 Å². The first-order chi connectivity index (χ1) is 11.9. The van der Waals surface area contributed by atoms with Gasteiger partial charge in [0.1, 0.15) is 12.3 Å². The molecular formula is C16H16ClF2N5O. The maximum absolute atomic E-state index is 12.8. The molecule has 2 rings (SSSR count). The minimum Gasteiger partial charge on any atom is -0.457 e. The molecular weight excluding hydrogens is 352 g/mol. The van der Waals surface area contributed by atoms with Crippen LogP contribution in [0.5, 0.6) is 6.01 Å². The summed E-state index contributed by atoms with van der Waals surface area (Å²) in [5, 5.41) is 6.10. The number of ether oxygens (including phenoxy) is 1. The number of nitrogens with zero attached hydrogens (tertiary/aromatic N) is 3. The molecule has 0 aliphatic heterocycles. The molecule has 2 N–H and O–H groups in total. The van der Waals surface area contributed by atoms with Crippen molar-refractivity contribution in [2.45, 2.75) is 20.3 Å². The second-order valence-electron chi connectivity index (χ2n) is 5.14. The maximum atomic E-state index is 12.8. The van der Waals surface area contributed by atoms with Gasteiger partial charge in [-0.3, -0.25) is 0 Å². The molecule has 0 spiro atoms. The zero-order chi connectivity index (χ0) is 18.4. The number of rotatable bonds is 7. The van der Waals surface area contributed by atoms with E-state index < -0.39 is 6.43 Å². The number of halogens is 3. The summed E-state index contributed by atoms with van der Waals surface area (Å²) < 4.78 is 31.0. The summed E-state index contributed by atoms with van der Waals surface area (Å²) in [7, 11) is 0. The molecule has 0 bridgehead atoms. The number of benzene rings is 1. The number of aromatic nitrogens is 2. The molecule has 0 saturated carbocycles. The molecule has 1 heterocycles. The van der Waals surface area contributed by atoms with Gasteiger partial charge >= 0.3 is 6.01 Å². The van der Waals surface area contributed by atoms with E-state index in [1.54, 1.807) is 12.3 Å². The lowest BCUT2D eigenvalue weighted by atomic mass is 10.2. The quantitative estimate of drug-likeness (QED) is 0.671. The number of aryl methyl sites for hydroxylation is 2. The van der Waals surface area contributed by atoms with Gasteiger partial charge in [-0.1, -0.05) is 11.6 Å². The van der Waals surface area contributed by atoms with E-state index in [0.717, 1.165) is 11.3 Å². The van der Waals surface area contributed by atoms with Crippen LogP contribution in [-0.4, -0.2) is 16.6 Å². The van der Waals surface area contributed by atoms with Crippen molar-refractivity contribution < 1.29 is 13.5 Å². The minimum atomic E-state index is -2.68. The minimum absolute atomic E-state index is 0.00912. The van der Waals surface area contributed by atoms with E-state index in [-0.39, 0.29) is 28.9 Å². The second kappa shape index (κ2) is 8.48. The van der Waals surface area contributed by atoms with Crippen molar-refractivity contribution in [1.29, 1.82) is 5.53 Å². The Hall–Kier alpha value is -2.61. The highest BCUT2D eigenvalue weighted by Gasteiger charge is 2.12. The number of alkyl halides is 2. The van der Waals surface area contributed by atoms with Crippen LogP contribution in [0.25, 0.3) is 0 Å². The molecule has 9 heteroatoms. The lowest BCUT2D eigenvalue weighted by Crippen LogP contribution is -2.05. The first-order valence-electron chi connectivity index (χ1n) is 7.24. The highest BCUT2D eigenvalue weighted by Crippen LogP contribution is 2.29. The number of anilines is 1. The van der Waals surface area contributed by atoms with E-state index in [9.17, 15) is 8.78 Å². The van der Waals surface area contributed by atoms with Crippen molar-refractivity contribution in [2.24, 2.45) is 5.11 Å². The van der Waals surface area contributed by atoms with Crippen LogP contribution in [-0.2, 0) is 0 Å². The largest absolute Gasteiger partial charge is 0.457 e. The molecule has 0 amide bonds. The molecule has 25 heavy (non-hydrogen) atoms. The molecule has 0 aliphatic rings. The van der Waals surface area contributed by atoms with Gasteiger partial charge in [0, 0.05) is 34.4 Å². The van der Waals surface area contributed by atoms with Crippen molar-refractivity contribution in [3.63, 3.8) is 0 Å². The standard InChI is InChI=1S/C16H16ClF2N5O/c1-9-6-22-16(23-10(9)2)25-8-12(24-20)7-21-11-3-4-14(17)13(5-11)15(18)19/h3-7,15,20-21H,8H2,1-2H3/b12-7-,24-20?. The summed E-state index contributed by atoms with van der Waals surface area (Å²) in [6.45, 7) is 3.67. The van der Waals surface area contributed by atoms with Gasteiger partial charge in [0.2, 0.25) is 0 Å². The summed E-state index contributed by atoms with van der Waals surface area (Å²) >= 11 is 5.72. The Balaban J connectivity index is 2.04. The second-order valence-corrected chi connectivity index (χ2v) is 5.55. The van der Waals surface area contributed by atoms with Crippen molar-refractivity contribution in [2.75, 3.05) is 11.9 Å². The molecule has 132 valence electrons. The van der Waals surface area contributed by atoms with E-state index in [0.29, 0.717) is 5.69 Å². The molecule has 0 fully saturated rings. The van der Waals surface area contributed by atoms with Gasteiger partial charge in [-0.2, -0.15) is 5.11 Å². The van der Waals surface area contributed by atoms with E-state index in [1.165, 1.54) is 18.3 Å². The lowest BCUT2D eigenvalue weighted by molar-refractivity contribution is 0.151. The van der Waals surface area contributed by atoms with Crippen LogP contribution in [0.4, 0.5) is 14.5 Å². The van der Waals surface area contributed by atoms with Gasteiger partial charge in [0.25, 0.3) is 6.43 Å². The van der Waals surface area contributed by atoms with Gasteiger partial charge in [0.05, 0.1) is 0 Å². The van der Waals surface area contributed by atoms with E-state index in [2.05, 4.69) is 20.4 Å². The smallest absolute Gasteiger partial charge is 0.316 e. The monoisotopic (exact) mass is 367 g/mol. The molecule has 0 aliphatic carbocycles. The SMILES string of the molecule is Cc1cnc(OC/C(=C/Nc2ccc(Cl)c(C(F)F)c2)N=N)nc1C. The first kappa shape index (κ1) is 18.7. The van der Waals surface area contributed by atoms with Gasteiger partial charge in [-0.15, -0.1) is 0 Å². The summed E-state index contributed by atoms with van der Waals surface area (Å²) in [6.07, 6.45) is 0.340. The molecule has 1 aromatic carbocycles. The molecule has 6 nitrogen and oxygen atoms in total. The van der Waals surface area contributed by atoms with Crippen molar-refractivity contribution >= 4 is 17.3 Å². The van der Waals surface area contributed by atoms with Crippen LogP contribution in [0, 0.1) is 19.4 Å². The predicted octanol–water partition coefficient (Wildman–Crippen LogP) is 5.05. The van der Waals surface area contributed by atoms with Crippen LogP contribution in [0.3, 0.4) is 0 Å². The summed E-state index contributed by atoms with van der Waals surface area (Å²) in [5.74, 6) is 0. The Morgan fingerprint density at radius 3 is 2.84 bits per heavy atom. The van der Waals surface area contributed by atoms with E-state index >= 15 is 0 Å². The summed E-state index contributed by atoms with van der Waals surface area (Å²) in [5.41, 5.74) is 9.24. The molecule has 0 unspecified atom stereocenters. The van der Waals surface area contributed by atoms with E-state index in [1.807, 2.05) is 13.8 Å². The Bertz CT molecular complexity index is 798. The number of hydrogen-bond acceptors (Lipinski definition) is 6. The summed E-state index contributed by atoms with van der Waals surface area (Å²) in [6, 6.07) is 4.32. The Morgan fingerprint density at radius 1 is 1.44 bits per heavy atom. The summed E-state index contributed by atoms with van der Waals surface area (Å²) in [4.78, 5) is 8.18. The van der Waals surface area contributed by atoms with Gasteiger partial charge in [-0.05, 0) is 37.6 Å². The fourth-order valence-electron chi connectivity index (χ4n) is 1.79. The van der Waals surface area contributed by atoms with Crippen molar-refractivity contribution in [1.82, 2.24) is 9.97 Å². The van der Waals surface area contributed by atoms with Crippen LogP contribution in [0.2, 0.25) is 5.02 Å². The average Bonchev–Trinajstić information content (AvgIpc) is 2.59. The molecule has 0 saturated heterocycles. The fourth-order valence-corrected chi connectivity index (χ4v) is 1.99. The number of hydrogen-bond donors (Lipinski definition) is 2. The molecule has 1 aromatic heterocycles. The average molecular weight is 368 g/mol. The Kier molecular flexibility index (Phi) is 6.35. The normalized spacial score (nSPS) is 11.5. The third-order valence-electron chi connectivity index (χ3n) is 3.33. The zero-order valence-corrected chi connectivity index (χ0v) is 14.3. The third kappa shape index (κ3) is 5.18. The first-order valence-corrected chi connectivity index (χ1v) is 7.62. The van der Waals surface area contributed by atoms with Gasteiger partial charge in [0.15, 0.2) is 0 Å². The Morgan fingerprint density at radius 2 is 2.20 bits per heavy atom. The van der Waals surface area contributed by atoms with Gasteiger partial charge < -0.3 is 10.1 Å². The number of nitrogens with one attached hydrogen (secondary N) is 2. The van der Waals surface area contributed by atoms with Crippen LogP contribution >= 0.6 is 11.6 Å². The lowest BCUT2D eigenvalue weighted by Gasteiger charge is -2.08. The van der Waals surface area contributed by atoms with Crippen molar-refractivity contribution in [3.05, 3.63) is 58.1 Å². The predicted molar refractivity (Wildman–Crippen MR) is 90.3 cm³/mol. The van der Waals surface area contributed by atoms with Gasteiger partial charge in [-0.25, -0.2) is 24.3 Å². The highest BCUT2D eigenvalue weighted by atomic mass is 35.5. The maximum Gasteiger partial charge on any atom is 0.316 e. The molecule has 0 atom stereocenters. The van der Waals surface area contributed by atoms with Crippen LogP contribution in [0.15, 0.2) is 41.4 Å². The van der Waals surface area contributed by atoms with Crippen LogP contribution in [0.1, 0.15) is 23.2 Å². The fraction of sp³-hybridized carbons (Fsp3) is 0.250. The molecule has 0 radical (unpaired) electrons. The topological polar surface area (TPSA) is 83.2 Å². The molecule has 2 aromatic rings. The van der Waals surface area contributed by atoms with Crippen molar-refractivity contribution in [3.8, 4) is 6.01 Å². The highest BCUT2D eigenvalue weighted by molar-refractivity contribution is 6.31. The third-order valence-corrected chi connectivity index (χ3v) is 3.68. The zero-order valence-electron chi connectivity index (χ0n) is 13.6. The van der Waals surface area contributed by atoms with E-state index in [4.69, 9.17) is 21.9 Å². The Labute approximate surface area is 148 Å².